The number of hydrogen-bond acceptors (Lipinski definition) is 6. The van der Waals surface area contributed by atoms with E-state index >= 15 is 0 Å². The molecule has 0 aliphatic carbocycles. The lowest BCUT2D eigenvalue weighted by Crippen LogP contribution is -2.35. The molecule has 2 aromatic rings. The number of aryl methyl sites for hydroxylation is 1. The van der Waals surface area contributed by atoms with Crippen LogP contribution in [0.1, 0.15) is 11.1 Å². The van der Waals surface area contributed by atoms with E-state index in [2.05, 4.69) is 10.0 Å². The molecule has 0 fully saturated rings. The molecule has 0 saturated carbocycles. The minimum Gasteiger partial charge on any atom is -0.325 e. The Morgan fingerprint density at radius 3 is 2.28 bits per heavy atom. The molecule has 2 rings (SSSR count). The number of likely N-dealkylation sites (N-methyl/N-ethyl adjacent to an activating group) is 1. The zero-order valence-corrected chi connectivity index (χ0v) is 17.6. The molecule has 0 atom stereocenters. The molecule has 0 saturated heterocycles. The molecule has 0 aliphatic rings. The number of nitrogens with one attached hydrogen (secondary N) is 2. The zero-order valence-electron chi connectivity index (χ0n) is 16.0. The van der Waals surface area contributed by atoms with E-state index in [9.17, 15) is 21.6 Å². The van der Waals surface area contributed by atoms with E-state index in [1.807, 2.05) is 6.07 Å². The van der Waals surface area contributed by atoms with Crippen molar-refractivity contribution in [1.29, 1.82) is 5.26 Å². The summed E-state index contributed by atoms with van der Waals surface area (Å²) in [7, 11) is -6.15. The highest BCUT2D eigenvalue weighted by Crippen LogP contribution is 2.21. The van der Waals surface area contributed by atoms with Gasteiger partial charge in [0.2, 0.25) is 26.0 Å². The second-order valence-electron chi connectivity index (χ2n) is 6.35. The smallest absolute Gasteiger partial charge is 0.243 e. The maximum absolute atomic E-state index is 12.6. The Morgan fingerprint density at radius 2 is 1.72 bits per heavy atom. The van der Waals surface area contributed by atoms with Crippen LogP contribution in [0, 0.1) is 18.3 Å². The summed E-state index contributed by atoms with van der Waals surface area (Å²) in [6.07, 6.45) is 1.01. The van der Waals surface area contributed by atoms with E-state index in [1.54, 1.807) is 19.1 Å². The number of benzene rings is 2. The van der Waals surface area contributed by atoms with Gasteiger partial charge in [-0.25, -0.2) is 16.8 Å². The molecular weight excluding hydrogens is 416 g/mol. The third-order valence-electron chi connectivity index (χ3n) is 3.87. The molecule has 0 heterocycles. The normalized spacial score (nSPS) is 11.7. The number of hydrogen-bond donors (Lipinski definition) is 2. The second-order valence-corrected chi connectivity index (χ2v) is 10.1. The first-order valence-corrected chi connectivity index (χ1v) is 11.6. The molecule has 11 heteroatoms. The average Bonchev–Trinajstić information content (AvgIpc) is 2.63. The van der Waals surface area contributed by atoms with Crippen molar-refractivity contribution in [3.05, 3.63) is 53.6 Å². The average molecular weight is 437 g/mol. The molecule has 29 heavy (non-hydrogen) atoms. The number of nitriles is 1. The van der Waals surface area contributed by atoms with Gasteiger partial charge < -0.3 is 5.32 Å². The first-order chi connectivity index (χ1) is 13.4. The Labute approximate surface area is 170 Å². The van der Waals surface area contributed by atoms with Crippen LogP contribution < -0.4 is 10.0 Å². The van der Waals surface area contributed by atoms with Gasteiger partial charge >= 0.3 is 0 Å². The lowest BCUT2D eigenvalue weighted by molar-refractivity contribution is -0.116. The summed E-state index contributed by atoms with van der Waals surface area (Å²) < 4.78 is 51.2. The van der Waals surface area contributed by atoms with Crippen molar-refractivity contribution in [3.8, 4) is 6.07 Å². The quantitative estimate of drug-likeness (QED) is 0.675. The molecule has 0 unspecified atom stereocenters. The Hall–Kier alpha value is -2.94. The van der Waals surface area contributed by atoms with Crippen molar-refractivity contribution in [1.82, 2.24) is 4.31 Å². The van der Waals surface area contributed by atoms with Crippen molar-refractivity contribution in [2.24, 2.45) is 0 Å². The Kier molecular flexibility index (Phi) is 6.63. The highest BCUT2D eigenvalue weighted by atomic mass is 32.2. The maximum atomic E-state index is 12.6. The monoisotopic (exact) mass is 436 g/mol. The van der Waals surface area contributed by atoms with Gasteiger partial charge in [-0.1, -0.05) is 6.07 Å². The van der Waals surface area contributed by atoms with Gasteiger partial charge in [-0.2, -0.15) is 9.57 Å². The number of carbonyl (C=O) groups is 1. The summed E-state index contributed by atoms with van der Waals surface area (Å²) in [5.74, 6) is -0.598. The predicted octanol–water partition coefficient (Wildman–Crippen LogP) is 1.50. The summed E-state index contributed by atoms with van der Waals surface area (Å²) in [4.78, 5) is 12.2. The van der Waals surface area contributed by atoms with Gasteiger partial charge in [-0.3, -0.25) is 9.52 Å². The standard InChI is InChI=1S/C18H20N4O5S2/c1-13-4-7-15(10-17(13)21-28(3,24)25)20-18(23)12-22(2)29(26,27)16-8-5-14(11-19)6-9-16/h4-10,21H,12H2,1-3H3,(H,20,23). The van der Waals surface area contributed by atoms with Crippen LogP contribution in [-0.2, 0) is 24.8 Å². The molecular formula is C18H20N4O5S2. The number of anilines is 2. The van der Waals surface area contributed by atoms with E-state index in [0.717, 1.165) is 10.6 Å². The van der Waals surface area contributed by atoms with Crippen LogP contribution >= 0.6 is 0 Å². The van der Waals surface area contributed by atoms with Crippen LogP contribution in [0.5, 0.6) is 0 Å². The van der Waals surface area contributed by atoms with Gasteiger partial charge in [0.1, 0.15) is 0 Å². The molecule has 0 radical (unpaired) electrons. The molecule has 0 aliphatic heterocycles. The van der Waals surface area contributed by atoms with Gasteiger partial charge in [-0.15, -0.1) is 0 Å². The second kappa shape index (κ2) is 8.60. The highest BCUT2D eigenvalue weighted by molar-refractivity contribution is 7.92. The molecule has 0 spiro atoms. The molecule has 0 bridgehead atoms. The molecule has 2 N–H and O–H groups in total. The number of nitrogens with zero attached hydrogens (tertiary/aromatic N) is 2. The Bertz CT molecular complexity index is 1170. The summed E-state index contributed by atoms with van der Waals surface area (Å²) in [6.45, 7) is 1.25. The van der Waals surface area contributed by atoms with Gasteiger partial charge in [0.05, 0.1) is 35.0 Å². The van der Waals surface area contributed by atoms with Crippen LogP contribution in [0.25, 0.3) is 0 Å². The first-order valence-electron chi connectivity index (χ1n) is 8.27. The molecule has 1 amide bonds. The van der Waals surface area contributed by atoms with E-state index in [4.69, 9.17) is 5.26 Å². The fourth-order valence-corrected chi connectivity index (χ4v) is 4.13. The maximum Gasteiger partial charge on any atom is 0.243 e. The van der Waals surface area contributed by atoms with Crippen LogP contribution in [0.3, 0.4) is 0 Å². The van der Waals surface area contributed by atoms with Crippen LogP contribution in [0.4, 0.5) is 11.4 Å². The fraction of sp³-hybridized carbons (Fsp3) is 0.222. The zero-order chi connectivity index (χ0) is 21.8. The van der Waals surface area contributed by atoms with E-state index in [-0.39, 0.29) is 4.90 Å². The molecule has 2 aromatic carbocycles. The van der Waals surface area contributed by atoms with Gasteiger partial charge in [0.25, 0.3) is 0 Å². The minimum atomic E-state index is -3.92. The Morgan fingerprint density at radius 1 is 1.10 bits per heavy atom. The predicted molar refractivity (Wildman–Crippen MR) is 109 cm³/mol. The number of amides is 1. The minimum absolute atomic E-state index is 0.0400. The molecule has 154 valence electrons. The number of rotatable bonds is 7. The van der Waals surface area contributed by atoms with Crippen molar-refractivity contribution in [2.75, 3.05) is 29.9 Å². The Balaban J connectivity index is 2.12. The van der Waals surface area contributed by atoms with Gasteiger partial charge in [0.15, 0.2) is 0 Å². The number of sulfonamides is 2. The molecule has 9 nitrogen and oxygen atoms in total. The topological polar surface area (TPSA) is 136 Å². The van der Waals surface area contributed by atoms with E-state index in [1.165, 1.54) is 37.4 Å². The van der Waals surface area contributed by atoms with Crippen molar-refractivity contribution in [2.45, 2.75) is 11.8 Å². The van der Waals surface area contributed by atoms with Crippen molar-refractivity contribution in [3.63, 3.8) is 0 Å². The van der Waals surface area contributed by atoms with E-state index < -0.39 is 32.5 Å². The van der Waals surface area contributed by atoms with Crippen LogP contribution in [0.15, 0.2) is 47.4 Å². The molecule has 0 aromatic heterocycles. The third kappa shape index (κ3) is 6.02. The van der Waals surface area contributed by atoms with Gasteiger partial charge in [0, 0.05) is 12.7 Å². The first kappa shape index (κ1) is 22.4. The van der Waals surface area contributed by atoms with E-state index in [0.29, 0.717) is 22.5 Å². The third-order valence-corrected chi connectivity index (χ3v) is 6.28. The number of carbonyl (C=O) groups excluding carboxylic acids is 1. The fourth-order valence-electron chi connectivity index (χ4n) is 2.38. The van der Waals surface area contributed by atoms with Crippen molar-refractivity contribution >= 4 is 37.3 Å². The summed E-state index contributed by atoms with van der Waals surface area (Å²) in [5.41, 5.74) is 1.61. The van der Waals surface area contributed by atoms with Gasteiger partial charge in [-0.05, 0) is 48.9 Å². The summed E-state index contributed by atoms with van der Waals surface area (Å²) >= 11 is 0. The summed E-state index contributed by atoms with van der Waals surface area (Å²) in [6, 6.07) is 11.9. The highest BCUT2D eigenvalue weighted by Gasteiger charge is 2.23. The van der Waals surface area contributed by atoms with Crippen LogP contribution in [-0.4, -0.2) is 46.9 Å². The van der Waals surface area contributed by atoms with Crippen LogP contribution in [0.2, 0.25) is 0 Å². The van der Waals surface area contributed by atoms with Crippen molar-refractivity contribution < 1.29 is 21.6 Å². The largest absolute Gasteiger partial charge is 0.325 e. The lowest BCUT2D eigenvalue weighted by Gasteiger charge is -2.17. The summed E-state index contributed by atoms with van der Waals surface area (Å²) in [5, 5.41) is 11.3. The SMILES string of the molecule is Cc1ccc(NC(=O)CN(C)S(=O)(=O)c2ccc(C#N)cc2)cc1NS(C)(=O)=O. The lowest BCUT2D eigenvalue weighted by atomic mass is 10.2.